The molecule has 1 aliphatic heterocycles. The molecule has 0 radical (unpaired) electrons. The maximum atomic E-state index is 12.6. The number of carbonyl (C=O) groups is 4. The molecule has 0 spiro atoms. The Morgan fingerprint density at radius 3 is 2.57 bits per heavy atom. The molecule has 0 aromatic heterocycles. The molecule has 1 aliphatic rings. The summed E-state index contributed by atoms with van der Waals surface area (Å²) >= 11 is 0. The summed E-state index contributed by atoms with van der Waals surface area (Å²) in [5.41, 5.74) is 3.15. The van der Waals surface area contributed by atoms with E-state index < -0.39 is 5.97 Å². The third kappa shape index (κ3) is 5.13. The largest absolute Gasteiger partial charge is 0.468 e. The molecule has 9 nitrogen and oxygen atoms in total. The number of methoxy groups -OCH3 is 1. The van der Waals surface area contributed by atoms with Crippen molar-refractivity contribution in [2.75, 3.05) is 42.8 Å². The number of carbonyl (C=O) groups excluding carboxylic acids is 4. The van der Waals surface area contributed by atoms with Crippen LogP contribution in [0.15, 0.2) is 42.5 Å². The van der Waals surface area contributed by atoms with Crippen molar-refractivity contribution in [1.82, 2.24) is 5.32 Å². The Morgan fingerprint density at radius 1 is 1.13 bits per heavy atom. The average Bonchev–Trinajstić information content (AvgIpc) is 2.72. The zero-order valence-corrected chi connectivity index (χ0v) is 16.7. The summed E-state index contributed by atoms with van der Waals surface area (Å²) < 4.78 is 4.46. The van der Waals surface area contributed by atoms with E-state index in [1.165, 1.54) is 7.11 Å². The van der Waals surface area contributed by atoms with Gasteiger partial charge in [0.1, 0.15) is 6.54 Å². The van der Waals surface area contributed by atoms with Crippen molar-refractivity contribution in [2.24, 2.45) is 0 Å². The SMILES string of the molecule is COC(=O)CNC(=O)Cc1ccc(NC(=O)c2ccc3c(c2)NC(=O)CN3C)cc1. The molecule has 9 heteroatoms. The van der Waals surface area contributed by atoms with Crippen LogP contribution in [0.1, 0.15) is 15.9 Å². The highest BCUT2D eigenvalue weighted by Gasteiger charge is 2.20. The zero-order chi connectivity index (χ0) is 21.7. The summed E-state index contributed by atoms with van der Waals surface area (Å²) in [5, 5.41) is 8.02. The van der Waals surface area contributed by atoms with Crippen LogP contribution in [0, 0.1) is 0 Å². The highest BCUT2D eigenvalue weighted by atomic mass is 16.5. The zero-order valence-electron chi connectivity index (χ0n) is 16.7. The highest BCUT2D eigenvalue weighted by Crippen LogP contribution is 2.29. The molecule has 0 aliphatic carbocycles. The van der Waals surface area contributed by atoms with Gasteiger partial charge in [-0.3, -0.25) is 19.2 Å². The van der Waals surface area contributed by atoms with Crippen molar-refractivity contribution in [1.29, 1.82) is 0 Å². The number of ether oxygens (including phenoxy) is 1. The molecule has 2 aromatic carbocycles. The van der Waals surface area contributed by atoms with Crippen molar-refractivity contribution in [3.63, 3.8) is 0 Å². The number of nitrogens with one attached hydrogen (secondary N) is 3. The normalized spacial score (nSPS) is 12.5. The van der Waals surface area contributed by atoms with Gasteiger partial charge in [0.2, 0.25) is 11.8 Å². The van der Waals surface area contributed by atoms with Gasteiger partial charge in [0.15, 0.2) is 0 Å². The van der Waals surface area contributed by atoms with E-state index >= 15 is 0 Å². The summed E-state index contributed by atoms with van der Waals surface area (Å²) in [6.45, 7) is 0.0894. The molecular weight excluding hydrogens is 388 g/mol. The summed E-state index contributed by atoms with van der Waals surface area (Å²) in [7, 11) is 3.06. The maximum absolute atomic E-state index is 12.6. The first-order chi connectivity index (χ1) is 14.4. The Bertz CT molecular complexity index is 987. The number of esters is 1. The van der Waals surface area contributed by atoms with Gasteiger partial charge in [-0.05, 0) is 35.9 Å². The van der Waals surface area contributed by atoms with Crippen LogP contribution in [-0.4, -0.2) is 50.9 Å². The minimum atomic E-state index is -0.519. The van der Waals surface area contributed by atoms with Crippen LogP contribution in [0.3, 0.4) is 0 Å². The van der Waals surface area contributed by atoms with Crippen molar-refractivity contribution in [3.8, 4) is 0 Å². The third-order valence-corrected chi connectivity index (χ3v) is 4.56. The molecule has 2 aromatic rings. The number of hydrogen-bond acceptors (Lipinski definition) is 6. The summed E-state index contributed by atoms with van der Waals surface area (Å²) in [5.74, 6) is -1.27. The second-order valence-electron chi connectivity index (χ2n) is 6.82. The molecule has 30 heavy (non-hydrogen) atoms. The minimum absolute atomic E-state index is 0.100. The summed E-state index contributed by atoms with van der Waals surface area (Å²) in [6, 6.07) is 11.9. The van der Waals surface area contributed by atoms with Gasteiger partial charge in [-0.25, -0.2) is 0 Å². The number of rotatable bonds is 6. The number of fused-ring (bicyclic) bond motifs is 1. The monoisotopic (exact) mass is 410 g/mol. The number of nitrogens with zero attached hydrogens (tertiary/aromatic N) is 1. The predicted molar refractivity (Wildman–Crippen MR) is 111 cm³/mol. The van der Waals surface area contributed by atoms with Gasteiger partial charge in [0, 0.05) is 18.3 Å². The van der Waals surface area contributed by atoms with Crippen LogP contribution in [0.2, 0.25) is 0 Å². The lowest BCUT2D eigenvalue weighted by atomic mass is 10.1. The van der Waals surface area contributed by atoms with E-state index in [0.717, 1.165) is 11.3 Å². The van der Waals surface area contributed by atoms with Gasteiger partial charge < -0.3 is 25.6 Å². The molecule has 0 saturated heterocycles. The van der Waals surface area contributed by atoms with Crippen molar-refractivity contribution in [3.05, 3.63) is 53.6 Å². The average molecular weight is 410 g/mol. The lowest BCUT2D eigenvalue weighted by Gasteiger charge is -2.27. The number of benzene rings is 2. The van der Waals surface area contributed by atoms with E-state index in [4.69, 9.17) is 0 Å². The lowest BCUT2D eigenvalue weighted by molar-refractivity contribution is -0.141. The molecule has 3 amide bonds. The third-order valence-electron chi connectivity index (χ3n) is 4.56. The molecule has 0 saturated carbocycles. The van der Waals surface area contributed by atoms with Crippen LogP contribution in [0.4, 0.5) is 17.1 Å². The number of anilines is 3. The summed E-state index contributed by atoms with van der Waals surface area (Å²) in [6.07, 6.45) is 0.100. The fraction of sp³-hybridized carbons (Fsp3) is 0.238. The Balaban J connectivity index is 1.60. The molecule has 0 fully saturated rings. The van der Waals surface area contributed by atoms with Crippen LogP contribution in [0.25, 0.3) is 0 Å². The van der Waals surface area contributed by atoms with Crippen molar-refractivity contribution >= 4 is 40.8 Å². The lowest BCUT2D eigenvalue weighted by Crippen LogP contribution is -2.35. The number of likely N-dealkylation sites (N-methyl/N-ethyl adjacent to an activating group) is 1. The first kappa shape index (κ1) is 20.8. The molecule has 0 bridgehead atoms. The quantitative estimate of drug-likeness (QED) is 0.616. The summed E-state index contributed by atoms with van der Waals surface area (Å²) in [4.78, 5) is 48.9. The first-order valence-corrected chi connectivity index (χ1v) is 9.24. The fourth-order valence-corrected chi connectivity index (χ4v) is 3.00. The van der Waals surface area contributed by atoms with Crippen molar-refractivity contribution < 1.29 is 23.9 Å². The van der Waals surface area contributed by atoms with E-state index in [0.29, 0.717) is 16.9 Å². The van der Waals surface area contributed by atoms with Gasteiger partial charge in [-0.15, -0.1) is 0 Å². The molecule has 0 unspecified atom stereocenters. The van der Waals surface area contributed by atoms with Crippen molar-refractivity contribution in [2.45, 2.75) is 6.42 Å². The number of hydrogen-bond donors (Lipinski definition) is 3. The van der Waals surface area contributed by atoms with Gasteiger partial charge in [-0.1, -0.05) is 12.1 Å². The molecule has 0 atom stereocenters. The smallest absolute Gasteiger partial charge is 0.325 e. The van der Waals surface area contributed by atoms with Gasteiger partial charge in [-0.2, -0.15) is 0 Å². The second-order valence-corrected chi connectivity index (χ2v) is 6.82. The van der Waals surface area contributed by atoms with E-state index in [1.807, 2.05) is 11.9 Å². The standard InChI is InChI=1S/C21H22N4O5/c1-25-12-19(27)24-16-10-14(5-8-17(16)25)21(29)23-15-6-3-13(4-7-15)9-18(26)22-11-20(28)30-2/h3-8,10H,9,11-12H2,1-2H3,(H,22,26)(H,23,29)(H,24,27). The van der Waals surface area contributed by atoms with E-state index in [2.05, 4.69) is 20.7 Å². The maximum Gasteiger partial charge on any atom is 0.325 e. The Morgan fingerprint density at radius 2 is 1.87 bits per heavy atom. The number of amides is 3. The van der Waals surface area contributed by atoms with Crippen LogP contribution in [-0.2, 0) is 25.5 Å². The molecule has 3 rings (SSSR count). The van der Waals surface area contributed by atoms with Gasteiger partial charge >= 0.3 is 5.97 Å². The highest BCUT2D eigenvalue weighted by molar-refractivity contribution is 6.07. The van der Waals surface area contributed by atoms with Crippen LogP contribution in [0.5, 0.6) is 0 Å². The molecule has 1 heterocycles. The molecule has 3 N–H and O–H groups in total. The van der Waals surface area contributed by atoms with Gasteiger partial charge in [0.25, 0.3) is 5.91 Å². The second kappa shape index (κ2) is 9.08. The molecular formula is C21H22N4O5. The first-order valence-electron chi connectivity index (χ1n) is 9.24. The van der Waals surface area contributed by atoms with E-state index in [-0.39, 0.29) is 37.2 Å². The Kier molecular flexibility index (Phi) is 6.31. The van der Waals surface area contributed by atoms with E-state index in [9.17, 15) is 19.2 Å². The molecule has 156 valence electrons. The van der Waals surface area contributed by atoms with Crippen LogP contribution < -0.4 is 20.9 Å². The Labute approximate surface area is 173 Å². The van der Waals surface area contributed by atoms with Gasteiger partial charge in [0.05, 0.1) is 31.5 Å². The van der Waals surface area contributed by atoms with E-state index in [1.54, 1.807) is 42.5 Å². The minimum Gasteiger partial charge on any atom is -0.468 e. The predicted octanol–water partition coefficient (Wildman–Crippen LogP) is 1.16. The Hall–Kier alpha value is -3.88. The fourth-order valence-electron chi connectivity index (χ4n) is 3.00. The topological polar surface area (TPSA) is 117 Å². The van der Waals surface area contributed by atoms with Crippen LogP contribution >= 0.6 is 0 Å².